The van der Waals surface area contributed by atoms with E-state index in [1.807, 2.05) is 0 Å². The van der Waals surface area contributed by atoms with Crippen LogP contribution in [0.1, 0.15) is 12.5 Å². The summed E-state index contributed by atoms with van der Waals surface area (Å²) in [6.07, 6.45) is 0. The summed E-state index contributed by atoms with van der Waals surface area (Å²) in [5.41, 5.74) is 0.835. The van der Waals surface area contributed by atoms with Crippen molar-refractivity contribution in [2.75, 3.05) is 0 Å². The maximum absolute atomic E-state index is 12.9. The molecule has 2 N–H and O–H groups in total. The first-order valence-corrected chi connectivity index (χ1v) is 8.94. The van der Waals surface area contributed by atoms with Crippen molar-refractivity contribution >= 4 is 27.5 Å². The third-order valence-electron chi connectivity index (χ3n) is 3.23. The monoisotopic (exact) mass is 370 g/mol. The first-order chi connectivity index (χ1) is 11.3. The molecule has 8 heteroatoms. The predicted molar refractivity (Wildman–Crippen MR) is 89.5 cm³/mol. The average Bonchev–Trinajstić information content (AvgIpc) is 2.54. The normalized spacial score (nSPS) is 12.6. The van der Waals surface area contributed by atoms with Gasteiger partial charge in [-0.1, -0.05) is 23.7 Å². The molecule has 1 amide bonds. The van der Waals surface area contributed by atoms with E-state index in [-0.39, 0.29) is 11.4 Å². The van der Waals surface area contributed by atoms with E-state index >= 15 is 0 Å². The van der Waals surface area contributed by atoms with Crippen LogP contribution in [0, 0.1) is 5.82 Å². The van der Waals surface area contributed by atoms with Gasteiger partial charge in [0, 0.05) is 11.6 Å². The Morgan fingerprint density at radius 1 is 1.12 bits per heavy atom. The Morgan fingerprint density at radius 2 is 1.71 bits per heavy atom. The minimum atomic E-state index is -3.90. The van der Waals surface area contributed by atoms with Crippen molar-refractivity contribution in [1.29, 1.82) is 0 Å². The highest BCUT2D eigenvalue weighted by Crippen LogP contribution is 2.11. The van der Waals surface area contributed by atoms with Gasteiger partial charge in [0.15, 0.2) is 0 Å². The van der Waals surface area contributed by atoms with Gasteiger partial charge < -0.3 is 5.32 Å². The van der Waals surface area contributed by atoms with E-state index in [9.17, 15) is 17.6 Å². The number of carbonyl (C=O) groups is 1. The van der Waals surface area contributed by atoms with Crippen LogP contribution in [0.15, 0.2) is 53.4 Å². The topological polar surface area (TPSA) is 75.3 Å². The van der Waals surface area contributed by atoms with Gasteiger partial charge in [0.1, 0.15) is 5.82 Å². The largest absolute Gasteiger partial charge is 0.351 e. The van der Waals surface area contributed by atoms with Crippen LogP contribution in [-0.4, -0.2) is 20.4 Å². The van der Waals surface area contributed by atoms with E-state index in [1.54, 1.807) is 24.3 Å². The third kappa shape index (κ3) is 5.02. The SMILES string of the molecule is C[C@@H](NS(=O)(=O)c1ccc(F)cc1)C(=O)NCc1ccc(Cl)cc1. The van der Waals surface area contributed by atoms with Crippen molar-refractivity contribution in [2.24, 2.45) is 0 Å². The van der Waals surface area contributed by atoms with E-state index in [1.165, 1.54) is 6.92 Å². The molecule has 0 fully saturated rings. The minimum Gasteiger partial charge on any atom is -0.351 e. The average molecular weight is 371 g/mol. The fraction of sp³-hybridized carbons (Fsp3) is 0.188. The molecule has 0 radical (unpaired) electrons. The first kappa shape index (κ1) is 18.4. The Morgan fingerprint density at radius 3 is 2.29 bits per heavy atom. The molecule has 0 aromatic heterocycles. The third-order valence-corrected chi connectivity index (χ3v) is 5.04. The minimum absolute atomic E-state index is 0.110. The Bertz CT molecular complexity index is 808. The van der Waals surface area contributed by atoms with Gasteiger partial charge in [-0.15, -0.1) is 0 Å². The van der Waals surface area contributed by atoms with Crippen molar-refractivity contribution in [3.05, 3.63) is 64.9 Å². The highest BCUT2D eigenvalue weighted by atomic mass is 35.5. The molecule has 0 saturated carbocycles. The van der Waals surface area contributed by atoms with Gasteiger partial charge in [-0.2, -0.15) is 4.72 Å². The smallest absolute Gasteiger partial charge is 0.241 e. The Balaban J connectivity index is 1.95. The summed E-state index contributed by atoms with van der Waals surface area (Å²) in [7, 11) is -3.90. The number of carbonyl (C=O) groups excluding carboxylic acids is 1. The highest BCUT2D eigenvalue weighted by molar-refractivity contribution is 7.89. The molecule has 0 heterocycles. The summed E-state index contributed by atoms with van der Waals surface area (Å²) < 4.78 is 39.4. The van der Waals surface area contributed by atoms with Gasteiger partial charge in [-0.05, 0) is 48.9 Å². The van der Waals surface area contributed by atoms with Gasteiger partial charge in [-0.3, -0.25) is 4.79 Å². The van der Waals surface area contributed by atoms with Crippen LogP contribution in [0.3, 0.4) is 0 Å². The number of halogens is 2. The van der Waals surface area contributed by atoms with Gasteiger partial charge in [0.25, 0.3) is 0 Å². The quantitative estimate of drug-likeness (QED) is 0.820. The lowest BCUT2D eigenvalue weighted by molar-refractivity contribution is -0.122. The molecule has 0 aliphatic carbocycles. The number of benzene rings is 2. The van der Waals surface area contributed by atoms with E-state index in [0.29, 0.717) is 5.02 Å². The predicted octanol–water partition coefficient (Wildman–Crippen LogP) is 2.46. The summed E-state index contributed by atoms with van der Waals surface area (Å²) in [4.78, 5) is 11.9. The van der Waals surface area contributed by atoms with Crippen LogP contribution in [0.2, 0.25) is 5.02 Å². The van der Waals surface area contributed by atoms with Gasteiger partial charge in [0.05, 0.1) is 10.9 Å². The number of amides is 1. The number of sulfonamides is 1. The highest BCUT2D eigenvalue weighted by Gasteiger charge is 2.21. The summed E-state index contributed by atoms with van der Waals surface area (Å²) in [6.45, 7) is 1.68. The van der Waals surface area contributed by atoms with Crippen molar-refractivity contribution < 1.29 is 17.6 Å². The molecule has 0 unspecified atom stereocenters. The molecule has 0 aliphatic rings. The fourth-order valence-electron chi connectivity index (χ4n) is 1.91. The molecule has 2 rings (SSSR count). The maximum atomic E-state index is 12.9. The molecule has 24 heavy (non-hydrogen) atoms. The number of rotatable bonds is 6. The van der Waals surface area contributed by atoms with Gasteiger partial charge in [-0.25, -0.2) is 12.8 Å². The van der Waals surface area contributed by atoms with E-state index in [2.05, 4.69) is 10.0 Å². The lowest BCUT2D eigenvalue weighted by atomic mass is 10.2. The van der Waals surface area contributed by atoms with Gasteiger partial charge >= 0.3 is 0 Å². The van der Waals surface area contributed by atoms with Crippen LogP contribution in [-0.2, 0) is 21.4 Å². The molecule has 128 valence electrons. The second kappa shape index (κ2) is 7.74. The van der Waals surface area contributed by atoms with Crippen LogP contribution < -0.4 is 10.0 Å². The molecule has 0 bridgehead atoms. The van der Waals surface area contributed by atoms with Crippen LogP contribution in [0.4, 0.5) is 4.39 Å². The maximum Gasteiger partial charge on any atom is 0.241 e. The second-order valence-electron chi connectivity index (χ2n) is 5.14. The van der Waals surface area contributed by atoms with E-state index in [4.69, 9.17) is 11.6 Å². The van der Waals surface area contributed by atoms with Crippen molar-refractivity contribution in [3.63, 3.8) is 0 Å². The Kier molecular flexibility index (Phi) is 5.93. The van der Waals surface area contributed by atoms with E-state index in [0.717, 1.165) is 29.8 Å². The molecular weight excluding hydrogens is 355 g/mol. The second-order valence-corrected chi connectivity index (χ2v) is 7.29. The van der Waals surface area contributed by atoms with Crippen LogP contribution in [0.25, 0.3) is 0 Å². The summed E-state index contributed by atoms with van der Waals surface area (Å²) in [5.74, 6) is -1.02. The zero-order chi connectivity index (χ0) is 17.7. The molecule has 0 saturated heterocycles. The molecule has 5 nitrogen and oxygen atoms in total. The van der Waals surface area contributed by atoms with E-state index < -0.39 is 27.8 Å². The fourth-order valence-corrected chi connectivity index (χ4v) is 3.24. The first-order valence-electron chi connectivity index (χ1n) is 7.08. The standard InChI is InChI=1S/C16H16ClFN2O3S/c1-11(16(21)19-10-12-2-4-13(17)5-3-12)20-24(22,23)15-8-6-14(18)7-9-15/h2-9,11,20H,10H2,1H3,(H,19,21)/t11-/m1/s1. The number of hydrogen-bond donors (Lipinski definition) is 2. The zero-order valence-corrected chi connectivity index (χ0v) is 14.4. The Hall–Kier alpha value is -1.96. The lowest BCUT2D eigenvalue weighted by Gasteiger charge is -2.14. The molecular formula is C16H16ClFN2O3S. The van der Waals surface area contributed by atoms with Crippen LogP contribution in [0.5, 0.6) is 0 Å². The van der Waals surface area contributed by atoms with Crippen LogP contribution >= 0.6 is 11.6 Å². The summed E-state index contributed by atoms with van der Waals surface area (Å²) in [5, 5.41) is 3.22. The zero-order valence-electron chi connectivity index (χ0n) is 12.8. The molecule has 2 aromatic rings. The summed E-state index contributed by atoms with van der Waals surface area (Å²) >= 11 is 5.78. The van der Waals surface area contributed by atoms with Crippen molar-refractivity contribution in [3.8, 4) is 0 Å². The molecule has 0 spiro atoms. The summed E-state index contributed by atoms with van der Waals surface area (Å²) in [6, 6.07) is 10.3. The lowest BCUT2D eigenvalue weighted by Crippen LogP contribution is -2.44. The van der Waals surface area contributed by atoms with Gasteiger partial charge in [0.2, 0.25) is 15.9 Å². The number of hydrogen-bond acceptors (Lipinski definition) is 3. The van der Waals surface area contributed by atoms with Crippen molar-refractivity contribution in [2.45, 2.75) is 24.4 Å². The number of nitrogens with one attached hydrogen (secondary N) is 2. The molecule has 2 aromatic carbocycles. The van der Waals surface area contributed by atoms with Crippen molar-refractivity contribution in [1.82, 2.24) is 10.0 Å². The molecule has 1 atom stereocenters. The molecule has 0 aliphatic heterocycles. The Labute approximate surface area is 144 Å².